The summed E-state index contributed by atoms with van der Waals surface area (Å²) in [5, 5.41) is 2.50. The van der Waals surface area contributed by atoms with E-state index >= 15 is 0 Å². The van der Waals surface area contributed by atoms with Crippen LogP contribution in [0.1, 0.15) is 18.4 Å². The Balaban J connectivity index is 0.00000361. The van der Waals surface area contributed by atoms with Crippen molar-refractivity contribution < 1.29 is 22.5 Å². The zero-order valence-corrected chi connectivity index (χ0v) is 11.2. The third-order valence-electron chi connectivity index (χ3n) is 2.31. The van der Waals surface area contributed by atoms with Gasteiger partial charge in [-0.3, -0.25) is 4.55 Å². The Bertz CT molecular complexity index is 492. The van der Waals surface area contributed by atoms with Crippen molar-refractivity contribution in [3.05, 3.63) is 35.9 Å². The fraction of sp³-hybridized carbons (Fsp3) is 0.417. The third-order valence-corrected chi connectivity index (χ3v) is 3.12. The predicted octanol–water partition coefficient (Wildman–Crippen LogP) is 0.932. The maximum atomic E-state index is 11.3. The summed E-state index contributed by atoms with van der Waals surface area (Å²) in [6.07, 6.45) is 0.202. The van der Waals surface area contributed by atoms with Gasteiger partial charge in [-0.05, 0) is 18.4 Å². The van der Waals surface area contributed by atoms with Gasteiger partial charge in [0.25, 0.3) is 10.1 Å². The minimum atomic E-state index is -3.92. The van der Waals surface area contributed by atoms with Gasteiger partial charge in [-0.2, -0.15) is 8.42 Å². The number of carbonyl (C=O) groups excluding carboxylic acids is 1. The number of benzene rings is 1. The van der Waals surface area contributed by atoms with E-state index in [1.165, 1.54) is 0 Å². The van der Waals surface area contributed by atoms with Crippen LogP contribution in [0.25, 0.3) is 0 Å². The molecule has 1 amide bonds. The number of ether oxygens (including phenoxy) is 1. The first-order valence-corrected chi connectivity index (χ1v) is 7.48. The number of hydrogen-bond donors (Lipinski definition) is 2. The van der Waals surface area contributed by atoms with Gasteiger partial charge in [-0.15, -0.1) is 0 Å². The molecular formula is C12H18NNaO5S. The van der Waals surface area contributed by atoms with Crippen molar-refractivity contribution >= 4 is 45.8 Å². The van der Waals surface area contributed by atoms with Crippen molar-refractivity contribution in [1.82, 2.24) is 5.32 Å². The van der Waals surface area contributed by atoms with Crippen LogP contribution in [0, 0.1) is 0 Å². The topological polar surface area (TPSA) is 92.7 Å². The average Bonchev–Trinajstić information content (AvgIpc) is 2.36. The fourth-order valence-corrected chi connectivity index (χ4v) is 1.94. The molecule has 1 aromatic carbocycles. The number of carbonyl (C=O) groups is 1. The van der Waals surface area contributed by atoms with Crippen LogP contribution in [-0.2, 0) is 21.5 Å². The Morgan fingerprint density at radius 1 is 1.20 bits per heavy atom. The van der Waals surface area contributed by atoms with Gasteiger partial charge in [0, 0.05) is 6.54 Å². The second-order valence-corrected chi connectivity index (χ2v) is 5.55. The first kappa shape index (κ1) is 19.4. The molecule has 20 heavy (non-hydrogen) atoms. The molecule has 0 aliphatic rings. The monoisotopic (exact) mass is 311 g/mol. The molecule has 0 atom stereocenters. The number of nitrogens with one attached hydrogen (secondary N) is 1. The van der Waals surface area contributed by atoms with Gasteiger partial charge in [-0.25, -0.2) is 4.79 Å². The van der Waals surface area contributed by atoms with E-state index in [4.69, 9.17) is 9.29 Å². The van der Waals surface area contributed by atoms with Crippen LogP contribution >= 0.6 is 0 Å². The molecule has 0 saturated heterocycles. The van der Waals surface area contributed by atoms with Crippen molar-refractivity contribution in [2.75, 3.05) is 12.3 Å². The van der Waals surface area contributed by atoms with Gasteiger partial charge in [0.15, 0.2) is 0 Å². The summed E-state index contributed by atoms with van der Waals surface area (Å²) >= 11 is 0. The Morgan fingerprint density at radius 2 is 1.85 bits per heavy atom. The van der Waals surface area contributed by atoms with Crippen molar-refractivity contribution in [1.29, 1.82) is 0 Å². The molecule has 0 aromatic heterocycles. The van der Waals surface area contributed by atoms with E-state index < -0.39 is 16.2 Å². The van der Waals surface area contributed by atoms with E-state index in [-0.39, 0.29) is 48.3 Å². The van der Waals surface area contributed by atoms with Crippen LogP contribution in [0.15, 0.2) is 30.3 Å². The summed E-state index contributed by atoms with van der Waals surface area (Å²) in [5.74, 6) is -0.298. The average molecular weight is 311 g/mol. The van der Waals surface area contributed by atoms with E-state index in [9.17, 15) is 13.2 Å². The summed E-state index contributed by atoms with van der Waals surface area (Å²) in [7, 11) is -3.92. The molecule has 0 bridgehead atoms. The Hall–Kier alpha value is -0.600. The first-order chi connectivity index (χ1) is 8.97. The SMILES string of the molecule is O=C(NCCCCS(=O)(=O)O)OCc1ccccc1.[NaH]. The molecule has 8 heteroatoms. The van der Waals surface area contributed by atoms with Crippen LogP contribution in [0.3, 0.4) is 0 Å². The third kappa shape index (κ3) is 10.2. The van der Waals surface area contributed by atoms with Gasteiger partial charge in [0.1, 0.15) is 6.61 Å². The standard InChI is InChI=1S/C12H17NO5S.Na.H/c14-12(13-8-4-5-9-19(15,16)17)18-10-11-6-2-1-3-7-11;;/h1-3,6-7H,4-5,8-10H2,(H,13,14)(H,15,16,17);;. The van der Waals surface area contributed by atoms with Gasteiger partial charge in [-0.1, -0.05) is 30.3 Å². The van der Waals surface area contributed by atoms with E-state index in [1.54, 1.807) is 0 Å². The molecule has 0 heterocycles. The second-order valence-electron chi connectivity index (χ2n) is 3.98. The Morgan fingerprint density at radius 3 is 2.45 bits per heavy atom. The molecule has 0 unspecified atom stereocenters. The quantitative estimate of drug-likeness (QED) is 0.444. The summed E-state index contributed by atoms with van der Waals surface area (Å²) in [4.78, 5) is 11.3. The number of unbranched alkanes of at least 4 members (excludes halogenated alkanes) is 1. The van der Waals surface area contributed by atoms with Gasteiger partial charge >= 0.3 is 35.7 Å². The minimum absolute atomic E-state index is 0. The molecule has 0 saturated carbocycles. The van der Waals surface area contributed by atoms with Crippen LogP contribution in [-0.4, -0.2) is 60.9 Å². The summed E-state index contributed by atoms with van der Waals surface area (Å²) in [6, 6.07) is 9.27. The molecule has 0 spiro atoms. The molecule has 0 fully saturated rings. The van der Waals surface area contributed by atoms with Crippen LogP contribution in [0.5, 0.6) is 0 Å². The predicted molar refractivity (Wildman–Crippen MR) is 77.4 cm³/mol. The van der Waals surface area contributed by atoms with E-state index in [2.05, 4.69) is 5.32 Å². The summed E-state index contributed by atoms with van der Waals surface area (Å²) < 4.78 is 34.3. The summed E-state index contributed by atoms with van der Waals surface area (Å²) in [5.41, 5.74) is 0.893. The molecule has 6 nitrogen and oxygen atoms in total. The number of alkyl carbamates (subject to hydrolysis) is 1. The van der Waals surface area contributed by atoms with E-state index in [1.807, 2.05) is 30.3 Å². The van der Waals surface area contributed by atoms with Crippen molar-refractivity contribution in [3.8, 4) is 0 Å². The number of amides is 1. The van der Waals surface area contributed by atoms with Crippen molar-refractivity contribution in [2.45, 2.75) is 19.4 Å². The molecule has 0 aliphatic heterocycles. The molecule has 2 N–H and O–H groups in total. The first-order valence-electron chi connectivity index (χ1n) is 5.87. The van der Waals surface area contributed by atoms with Crippen LogP contribution in [0.4, 0.5) is 4.79 Å². The number of hydrogen-bond acceptors (Lipinski definition) is 4. The fourth-order valence-electron chi connectivity index (χ4n) is 1.37. The number of rotatable bonds is 7. The van der Waals surface area contributed by atoms with E-state index in [0.29, 0.717) is 13.0 Å². The second kappa shape index (κ2) is 10.2. The maximum absolute atomic E-state index is 11.3. The van der Waals surface area contributed by atoms with Gasteiger partial charge in [0.2, 0.25) is 0 Å². The van der Waals surface area contributed by atoms with Gasteiger partial charge in [0.05, 0.1) is 5.75 Å². The molecule has 0 aliphatic carbocycles. The normalized spacial score (nSPS) is 10.4. The van der Waals surface area contributed by atoms with Crippen molar-refractivity contribution in [3.63, 3.8) is 0 Å². The van der Waals surface area contributed by atoms with Crippen LogP contribution < -0.4 is 5.32 Å². The van der Waals surface area contributed by atoms with E-state index in [0.717, 1.165) is 5.56 Å². The van der Waals surface area contributed by atoms with Crippen LogP contribution in [0.2, 0.25) is 0 Å². The Kier molecular flexibility index (Phi) is 9.87. The molecule has 1 rings (SSSR count). The molecule has 108 valence electrons. The zero-order chi connectivity index (χ0) is 14.1. The molecule has 1 aromatic rings. The van der Waals surface area contributed by atoms with Crippen molar-refractivity contribution in [2.24, 2.45) is 0 Å². The molecule has 0 radical (unpaired) electrons. The zero-order valence-electron chi connectivity index (χ0n) is 10.4. The Labute approximate surface area is 140 Å². The summed E-state index contributed by atoms with van der Waals surface area (Å²) in [6.45, 7) is 0.501. The van der Waals surface area contributed by atoms with Gasteiger partial charge < -0.3 is 10.1 Å². The molecular weight excluding hydrogens is 293 g/mol.